The zero-order valence-corrected chi connectivity index (χ0v) is 12.9. The fraction of sp³-hybridized carbons (Fsp3) is 0.188. The predicted molar refractivity (Wildman–Crippen MR) is 82.1 cm³/mol. The largest absolute Gasteiger partial charge is 0.320 e. The third-order valence-electron chi connectivity index (χ3n) is 3.07. The average molecular weight is 343 g/mol. The van der Waals surface area contributed by atoms with Gasteiger partial charge in [0.05, 0.1) is 5.25 Å². The number of halogens is 4. The molecule has 0 saturated heterocycles. The van der Waals surface area contributed by atoms with Crippen molar-refractivity contribution in [1.82, 2.24) is 0 Å². The van der Waals surface area contributed by atoms with E-state index in [1.165, 1.54) is 18.7 Å². The van der Waals surface area contributed by atoms with Gasteiger partial charge in [0, 0.05) is 11.8 Å². The van der Waals surface area contributed by atoms with Crippen molar-refractivity contribution in [3.8, 4) is 0 Å². The van der Waals surface area contributed by atoms with Crippen LogP contribution in [0, 0.1) is 23.3 Å². The number of anilines is 1. The Kier molecular flexibility index (Phi) is 5.65. The summed E-state index contributed by atoms with van der Waals surface area (Å²) in [4.78, 5) is 12.0. The van der Waals surface area contributed by atoms with Gasteiger partial charge in [-0.3, -0.25) is 4.79 Å². The van der Waals surface area contributed by atoms with Gasteiger partial charge in [0.25, 0.3) is 0 Å². The Morgan fingerprint density at radius 1 is 1.09 bits per heavy atom. The Labute approximate surface area is 134 Å². The van der Waals surface area contributed by atoms with Crippen LogP contribution in [0.15, 0.2) is 36.4 Å². The minimum Gasteiger partial charge on any atom is -0.320 e. The van der Waals surface area contributed by atoms with Crippen LogP contribution in [0.2, 0.25) is 0 Å². The number of benzene rings is 2. The summed E-state index contributed by atoms with van der Waals surface area (Å²) < 4.78 is 53.2. The van der Waals surface area contributed by atoms with E-state index >= 15 is 0 Å². The van der Waals surface area contributed by atoms with E-state index in [4.69, 9.17) is 0 Å². The van der Waals surface area contributed by atoms with Crippen LogP contribution in [-0.4, -0.2) is 11.2 Å². The van der Waals surface area contributed by atoms with E-state index in [1.807, 2.05) is 35.6 Å². The Hall–Kier alpha value is -2.02. The Morgan fingerprint density at radius 3 is 2.22 bits per heavy atom. The lowest BCUT2D eigenvalue weighted by molar-refractivity contribution is -0.115. The van der Waals surface area contributed by atoms with Gasteiger partial charge in [0.15, 0.2) is 23.3 Å². The summed E-state index contributed by atoms with van der Waals surface area (Å²) in [5.41, 5.74) is -0.133. The Morgan fingerprint density at radius 2 is 1.65 bits per heavy atom. The minimum atomic E-state index is -1.63. The van der Waals surface area contributed by atoms with Crippen LogP contribution in [0.5, 0.6) is 0 Å². The first-order chi connectivity index (χ1) is 10.9. The number of carbonyl (C=O) groups is 1. The van der Waals surface area contributed by atoms with Crippen molar-refractivity contribution < 1.29 is 22.4 Å². The number of hydrogen-bond donors (Lipinski definition) is 1. The second-order valence-electron chi connectivity index (χ2n) is 4.77. The maximum absolute atomic E-state index is 13.5. The molecule has 122 valence electrons. The van der Waals surface area contributed by atoms with Gasteiger partial charge in [-0.2, -0.15) is 0 Å². The lowest BCUT2D eigenvalue weighted by Crippen LogP contribution is -2.24. The first-order valence-electron chi connectivity index (χ1n) is 6.69. The van der Waals surface area contributed by atoms with E-state index in [0.717, 1.165) is 5.56 Å². The van der Waals surface area contributed by atoms with Gasteiger partial charge in [-0.15, -0.1) is 11.8 Å². The fourth-order valence-electron chi connectivity index (χ4n) is 1.78. The molecule has 0 spiro atoms. The second kappa shape index (κ2) is 7.50. The molecule has 0 aliphatic carbocycles. The van der Waals surface area contributed by atoms with E-state index in [-0.39, 0.29) is 6.07 Å². The lowest BCUT2D eigenvalue weighted by Gasteiger charge is -2.13. The molecule has 0 radical (unpaired) electrons. The van der Waals surface area contributed by atoms with E-state index in [0.29, 0.717) is 5.75 Å². The molecule has 0 fully saturated rings. The number of nitrogens with one attached hydrogen (secondary N) is 1. The number of hydrogen-bond acceptors (Lipinski definition) is 2. The molecule has 0 aliphatic rings. The SMILES string of the molecule is CC(SCc1ccccc1)C(=O)Nc1c(F)c(F)cc(F)c1F. The first-order valence-corrected chi connectivity index (χ1v) is 7.74. The van der Waals surface area contributed by atoms with Crippen molar-refractivity contribution in [3.05, 3.63) is 65.2 Å². The van der Waals surface area contributed by atoms with E-state index in [9.17, 15) is 22.4 Å². The van der Waals surface area contributed by atoms with Gasteiger partial charge in [-0.05, 0) is 12.5 Å². The van der Waals surface area contributed by atoms with Crippen LogP contribution >= 0.6 is 11.8 Å². The van der Waals surface area contributed by atoms with Crippen LogP contribution in [0.1, 0.15) is 12.5 Å². The smallest absolute Gasteiger partial charge is 0.237 e. The van der Waals surface area contributed by atoms with Crippen LogP contribution in [0.25, 0.3) is 0 Å². The Bertz CT molecular complexity index is 683. The standard InChI is InChI=1S/C16H13F4NOS/c1-9(23-8-10-5-3-2-4-6-10)16(22)21-15-13(19)11(17)7-12(18)14(15)20/h2-7,9H,8H2,1H3,(H,21,22). The van der Waals surface area contributed by atoms with Gasteiger partial charge in [-0.1, -0.05) is 30.3 Å². The zero-order valence-electron chi connectivity index (χ0n) is 12.1. The van der Waals surface area contributed by atoms with E-state index in [1.54, 1.807) is 0 Å². The molecule has 0 saturated carbocycles. The highest BCUT2D eigenvalue weighted by atomic mass is 32.2. The fourth-order valence-corrected chi connectivity index (χ4v) is 2.62. The molecule has 2 rings (SSSR count). The molecular weight excluding hydrogens is 330 g/mol. The predicted octanol–water partition coefficient (Wildman–Crippen LogP) is 4.50. The lowest BCUT2D eigenvalue weighted by atomic mass is 10.2. The molecule has 1 amide bonds. The average Bonchev–Trinajstić information content (AvgIpc) is 2.55. The number of thioether (sulfide) groups is 1. The van der Waals surface area contributed by atoms with Gasteiger partial charge >= 0.3 is 0 Å². The number of carbonyl (C=O) groups excluding carboxylic acids is 1. The normalized spacial score (nSPS) is 12.0. The van der Waals surface area contributed by atoms with Crippen molar-refractivity contribution in [2.75, 3.05) is 5.32 Å². The van der Waals surface area contributed by atoms with E-state index < -0.39 is 40.1 Å². The van der Waals surface area contributed by atoms with Crippen LogP contribution < -0.4 is 5.32 Å². The van der Waals surface area contributed by atoms with Crippen molar-refractivity contribution >= 4 is 23.4 Å². The molecule has 0 bridgehead atoms. The molecule has 0 aromatic heterocycles. The zero-order chi connectivity index (χ0) is 17.0. The summed E-state index contributed by atoms with van der Waals surface area (Å²) in [6.07, 6.45) is 0. The molecule has 1 unspecified atom stereocenters. The molecule has 0 heterocycles. The minimum absolute atomic E-state index is 0.0912. The molecule has 7 heteroatoms. The molecule has 1 atom stereocenters. The van der Waals surface area contributed by atoms with Gasteiger partial charge in [-0.25, -0.2) is 17.6 Å². The maximum Gasteiger partial charge on any atom is 0.237 e. The second-order valence-corrected chi connectivity index (χ2v) is 6.10. The molecule has 1 N–H and O–H groups in total. The summed E-state index contributed by atoms with van der Waals surface area (Å²) in [6.45, 7) is 1.54. The quantitative estimate of drug-likeness (QED) is 0.640. The summed E-state index contributed by atoms with van der Waals surface area (Å²) in [6, 6.07) is 9.39. The molecule has 2 nitrogen and oxygen atoms in total. The topological polar surface area (TPSA) is 29.1 Å². The number of amides is 1. The molecule has 0 aliphatic heterocycles. The summed E-state index contributed by atoms with van der Waals surface area (Å²) in [7, 11) is 0. The number of rotatable bonds is 5. The highest BCUT2D eigenvalue weighted by molar-refractivity contribution is 7.99. The molecule has 23 heavy (non-hydrogen) atoms. The monoisotopic (exact) mass is 343 g/mol. The van der Waals surface area contributed by atoms with Crippen LogP contribution in [-0.2, 0) is 10.5 Å². The summed E-state index contributed by atoms with van der Waals surface area (Å²) in [5.74, 6) is -6.62. The maximum atomic E-state index is 13.5. The molecule has 2 aromatic carbocycles. The third-order valence-corrected chi connectivity index (χ3v) is 4.29. The third kappa shape index (κ3) is 4.25. The van der Waals surface area contributed by atoms with Gasteiger partial charge < -0.3 is 5.32 Å². The summed E-state index contributed by atoms with van der Waals surface area (Å²) in [5, 5.41) is 1.24. The molecular formula is C16H13F4NOS. The van der Waals surface area contributed by atoms with Gasteiger partial charge in [0.2, 0.25) is 5.91 Å². The van der Waals surface area contributed by atoms with Crippen LogP contribution in [0.4, 0.5) is 23.2 Å². The Balaban J connectivity index is 2.04. The highest BCUT2D eigenvalue weighted by Gasteiger charge is 2.23. The van der Waals surface area contributed by atoms with Crippen molar-refractivity contribution in [2.45, 2.75) is 17.9 Å². The van der Waals surface area contributed by atoms with Crippen molar-refractivity contribution in [3.63, 3.8) is 0 Å². The molecule has 2 aromatic rings. The highest BCUT2D eigenvalue weighted by Crippen LogP contribution is 2.26. The van der Waals surface area contributed by atoms with Crippen LogP contribution in [0.3, 0.4) is 0 Å². The van der Waals surface area contributed by atoms with Crippen molar-refractivity contribution in [2.24, 2.45) is 0 Å². The first kappa shape index (κ1) is 17.3. The summed E-state index contributed by atoms with van der Waals surface area (Å²) >= 11 is 1.23. The van der Waals surface area contributed by atoms with Crippen molar-refractivity contribution in [1.29, 1.82) is 0 Å². The van der Waals surface area contributed by atoms with E-state index in [2.05, 4.69) is 0 Å². The van der Waals surface area contributed by atoms with Gasteiger partial charge in [0.1, 0.15) is 5.69 Å².